The van der Waals surface area contributed by atoms with Gasteiger partial charge in [-0.3, -0.25) is 9.59 Å². The van der Waals surface area contributed by atoms with Gasteiger partial charge >= 0.3 is 0 Å². The number of pyridine rings is 1. The average molecular weight is 441 g/mol. The summed E-state index contributed by atoms with van der Waals surface area (Å²) in [4.78, 5) is 25.1. The summed E-state index contributed by atoms with van der Waals surface area (Å²) in [5.41, 5.74) is 6.86. The van der Waals surface area contributed by atoms with Gasteiger partial charge in [0.2, 0.25) is 5.69 Å². The number of methoxy groups -OCH3 is 1. The van der Waals surface area contributed by atoms with Crippen molar-refractivity contribution in [2.75, 3.05) is 26.0 Å². The molecular weight excluding hydrogens is 420 g/mol. The van der Waals surface area contributed by atoms with Gasteiger partial charge in [-0.1, -0.05) is 0 Å². The van der Waals surface area contributed by atoms with Gasteiger partial charge in [0.15, 0.2) is 12.0 Å². The molecule has 0 atom stereocenters. The number of carbonyl (C=O) groups is 2. The Hall–Kier alpha value is -3.85. The van der Waals surface area contributed by atoms with Crippen LogP contribution in [0.1, 0.15) is 31.8 Å². The first-order valence-electron chi connectivity index (χ1n) is 9.64. The van der Waals surface area contributed by atoms with E-state index in [1.165, 1.54) is 19.2 Å². The summed E-state index contributed by atoms with van der Waals surface area (Å²) in [5.74, 6) is -2.95. The molecule has 0 aliphatic rings. The topological polar surface area (TPSA) is 108 Å². The molecule has 0 aliphatic heterocycles. The molecule has 0 saturated heterocycles. The number of hydrogen-bond acceptors (Lipinski definition) is 5. The molecule has 3 N–H and O–H groups in total. The lowest BCUT2D eigenvalue weighted by atomic mass is 9.96. The minimum Gasteiger partial charge on any atom is -0.618 e. The zero-order valence-electron chi connectivity index (χ0n) is 17.4. The van der Waals surface area contributed by atoms with Crippen LogP contribution in [0, 0.1) is 23.8 Å². The molecular formula is C23H21F2N3O4. The van der Waals surface area contributed by atoms with E-state index < -0.39 is 17.4 Å². The van der Waals surface area contributed by atoms with E-state index in [4.69, 9.17) is 10.5 Å². The second-order valence-corrected chi connectivity index (χ2v) is 7.05. The molecule has 32 heavy (non-hydrogen) atoms. The highest BCUT2D eigenvalue weighted by Gasteiger charge is 2.25. The number of nitrogens with one attached hydrogen (secondary N) is 1. The van der Waals surface area contributed by atoms with E-state index in [1.807, 2.05) is 0 Å². The van der Waals surface area contributed by atoms with Crippen LogP contribution in [-0.4, -0.2) is 32.0 Å². The van der Waals surface area contributed by atoms with Gasteiger partial charge in [0.1, 0.15) is 17.3 Å². The summed E-state index contributed by atoms with van der Waals surface area (Å²) in [7, 11) is 1.52. The van der Waals surface area contributed by atoms with Crippen LogP contribution in [0.15, 0.2) is 48.7 Å². The van der Waals surface area contributed by atoms with Crippen LogP contribution >= 0.6 is 0 Å². The maximum absolute atomic E-state index is 14.1. The van der Waals surface area contributed by atoms with Gasteiger partial charge in [0, 0.05) is 31.4 Å². The van der Waals surface area contributed by atoms with Crippen molar-refractivity contribution in [2.24, 2.45) is 0 Å². The number of ether oxygens (including phenoxy) is 1. The summed E-state index contributed by atoms with van der Waals surface area (Å²) < 4.78 is 32.7. The van der Waals surface area contributed by atoms with Crippen molar-refractivity contribution in [3.8, 4) is 11.3 Å². The Labute approximate surface area is 183 Å². The fourth-order valence-corrected chi connectivity index (χ4v) is 3.27. The molecule has 3 aromatic rings. The quantitative estimate of drug-likeness (QED) is 0.254. The molecule has 0 radical (unpaired) electrons. The standard InChI is InChI=1S/C23H21F2N3O4/c1-13-11-14(23(30)27-8-10-32-2)3-5-16(13)21-20(26)18(7-9-28(21)31)22(29)17-6-4-15(24)12-19(17)25/h3-7,9,11-12H,8,10,26H2,1-2H3,(H,27,30). The van der Waals surface area contributed by atoms with Gasteiger partial charge in [0.05, 0.1) is 23.3 Å². The van der Waals surface area contributed by atoms with Gasteiger partial charge < -0.3 is 21.0 Å². The second-order valence-electron chi connectivity index (χ2n) is 7.05. The molecule has 0 fully saturated rings. The van der Waals surface area contributed by atoms with Crippen molar-refractivity contribution in [3.05, 3.63) is 87.8 Å². The maximum Gasteiger partial charge on any atom is 0.251 e. The SMILES string of the molecule is COCCNC(=O)c1ccc(-c2c(N)c(C(=O)c3ccc(F)cc3F)cc[n+]2[O-])c(C)c1. The number of amides is 1. The number of hydrogen-bond donors (Lipinski definition) is 2. The van der Waals surface area contributed by atoms with E-state index in [1.54, 1.807) is 19.1 Å². The molecule has 0 bridgehead atoms. The van der Waals surface area contributed by atoms with E-state index in [0.29, 0.717) is 40.6 Å². The fraction of sp³-hybridized carbons (Fsp3) is 0.174. The second kappa shape index (κ2) is 9.52. The third-order valence-corrected chi connectivity index (χ3v) is 4.90. The number of aryl methyl sites for hydroxylation is 1. The van der Waals surface area contributed by atoms with Gasteiger partial charge in [0.25, 0.3) is 5.91 Å². The molecule has 0 aliphatic carbocycles. The van der Waals surface area contributed by atoms with Crippen molar-refractivity contribution in [3.63, 3.8) is 0 Å². The van der Waals surface area contributed by atoms with Crippen LogP contribution in [0.3, 0.4) is 0 Å². The van der Waals surface area contributed by atoms with E-state index in [2.05, 4.69) is 5.32 Å². The zero-order chi connectivity index (χ0) is 23.4. The van der Waals surface area contributed by atoms with Gasteiger partial charge in [-0.05, 0) is 42.8 Å². The minimum absolute atomic E-state index is 0.0118. The predicted octanol–water partition coefficient (Wildman–Crippen LogP) is 2.76. The monoisotopic (exact) mass is 441 g/mol. The van der Waals surface area contributed by atoms with Crippen molar-refractivity contribution >= 4 is 17.4 Å². The first kappa shape index (κ1) is 22.8. The summed E-state index contributed by atoms with van der Waals surface area (Å²) in [6, 6.07) is 8.43. The summed E-state index contributed by atoms with van der Waals surface area (Å²) >= 11 is 0. The number of benzene rings is 2. The van der Waals surface area contributed by atoms with Gasteiger partial charge in [-0.25, -0.2) is 8.78 Å². The van der Waals surface area contributed by atoms with Crippen LogP contribution in [-0.2, 0) is 4.74 Å². The van der Waals surface area contributed by atoms with Crippen LogP contribution in [0.5, 0.6) is 0 Å². The number of anilines is 1. The first-order valence-corrected chi connectivity index (χ1v) is 9.64. The van der Waals surface area contributed by atoms with E-state index in [-0.39, 0.29) is 28.4 Å². The Morgan fingerprint density at radius 2 is 1.88 bits per heavy atom. The highest BCUT2D eigenvalue weighted by Crippen LogP contribution is 2.30. The van der Waals surface area contributed by atoms with E-state index in [0.717, 1.165) is 18.3 Å². The van der Waals surface area contributed by atoms with Gasteiger partial charge in [-0.2, -0.15) is 4.73 Å². The molecule has 1 amide bonds. The number of nitrogens with zero attached hydrogens (tertiary/aromatic N) is 1. The number of carbonyl (C=O) groups excluding carboxylic acids is 2. The van der Waals surface area contributed by atoms with Crippen LogP contribution in [0.25, 0.3) is 11.3 Å². The molecule has 0 saturated carbocycles. The molecule has 9 heteroatoms. The van der Waals surface area contributed by atoms with Gasteiger partial charge in [-0.15, -0.1) is 0 Å². The normalized spacial score (nSPS) is 10.8. The predicted molar refractivity (Wildman–Crippen MR) is 114 cm³/mol. The maximum atomic E-state index is 14.1. The molecule has 166 valence electrons. The Kier molecular flexibility index (Phi) is 6.79. The van der Waals surface area contributed by atoms with E-state index >= 15 is 0 Å². The lowest BCUT2D eigenvalue weighted by Crippen LogP contribution is -2.31. The van der Waals surface area contributed by atoms with Crippen molar-refractivity contribution in [1.29, 1.82) is 0 Å². The Morgan fingerprint density at radius 3 is 2.53 bits per heavy atom. The number of nitrogens with two attached hydrogens (primary N) is 1. The average Bonchev–Trinajstić information content (AvgIpc) is 2.74. The number of ketones is 1. The van der Waals surface area contributed by atoms with Crippen LogP contribution < -0.4 is 15.8 Å². The highest BCUT2D eigenvalue weighted by molar-refractivity contribution is 6.13. The Morgan fingerprint density at radius 1 is 1.12 bits per heavy atom. The molecule has 3 rings (SSSR count). The Bertz CT molecular complexity index is 1200. The van der Waals surface area contributed by atoms with Crippen molar-refractivity contribution < 1.29 is 27.8 Å². The molecule has 1 heterocycles. The van der Waals surface area contributed by atoms with Crippen LogP contribution in [0.4, 0.5) is 14.5 Å². The van der Waals surface area contributed by atoms with E-state index in [9.17, 15) is 23.6 Å². The third kappa shape index (κ3) is 4.57. The first-order chi connectivity index (χ1) is 15.2. The van der Waals surface area contributed by atoms with Crippen molar-refractivity contribution in [1.82, 2.24) is 5.32 Å². The third-order valence-electron chi connectivity index (χ3n) is 4.90. The summed E-state index contributed by atoms with van der Waals surface area (Å²) in [5, 5.41) is 15.2. The number of nitrogen functional groups attached to an aromatic ring is 1. The van der Waals surface area contributed by atoms with Crippen LogP contribution in [0.2, 0.25) is 0 Å². The lowest BCUT2D eigenvalue weighted by Gasteiger charge is -2.14. The smallest absolute Gasteiger partial charge is 0.251 e. The molecule has 2 aromatic carbocycles. The van der Waals surface area contributed by atoms with Crippen molar-refractivity contribution in [2.45, 2.75) is 6.92 Å². The molecule has 7 nitrogen and oxygen atoms in total. The summed E-state index contributed by atoms with van der Waals surface area (Å²) in [6.45, 7) is 2.40. The summed E-state index contributed by atoms with van der Waals surface area (Å²) in [6.07, 6.45) is 1.09. The molecule has 1 aromatic heterocycles. The highest BCUT2D eigenvalue weighted by atomic mass is 19.1. The zero-order valence-corrected chi connectivity index (χ0v) is 17.4. The molecule has 0 unspecified atom stereocenters. The molecule has 0 spiro atoms. The number of rotatable bonds is 7. The fourth-order valence-electron chi connectivity index (χ4n) is 3.27. The number of aromatic nitrogens is 1. The minimum atomic E-state index is -1.03. The number of halogens is 2. The lowest BCUT2D eigenvalue weighted by molar-refractivity contribution is -0.593. The Balaban J connectivity index is 2.00. The largest absolute Gasteiger partial charge is 0.618 e.